The molecular formula is C29H56O8. The molecule has 8 nitrogen and oxygen atoms in total. The monoisotopic (exact) mass is 532 g/mol. The second-order valence-electron chi connectivity index (χ2n) is 10.2. The zero-order chi connectivity index (χ0) is 28.8. The second kappa shape index (κ2) is 30.3. The average Bonchev–Trinajstić information content (AvgIpc) is 2.84. The molecule has 0 atom stereocenters. The van der Waals surface area contributed by atoms with Crippen LogP contribution in [-0.2, 0) is 14.4 Å². The fraction of sp³-hybridized carbons (Fsp3) is 0.828. The van der Waals surface area contributed by atoms with Gasteiger partial charge < -0.3 is 25.5 Å². The van der Waals surface area contributed by atoms with E-state index in [-0.39, 0.29) is 31.5 Å². The first kappa shape index (κ1) is 39.6. The van der Waals surface area contributed by atoms with Gasteiger partial charge in [0.1, 0.15) is 0 Å². The van der Waals surface area contributed by atoms with Crippen LogP contribution in [0.15, 0.2) is 12.2 Å². The van der Waals surface area contributed by atoms with E-state index in [2.05, 4.69) is 19.1 Å². The van der Waals surface area contributed by atoms with Gasteiger partial charge in [0.15, 0.2) is 0 Å². The maximum atomic E-state index is 10.3. The van der Waals surface area contributed by atoms with Crippen molar-refractivity contribution in [3.8, 4) is 0 Å². The number of allylic oxidation sites excluding steroid dienone is 2. The molecule has 220 valence electrons. The lowest BCUT2D eigenvalue weighted by atomic mass is 9.97. The highest BCUT2D eigenvalue weighted by Crippen LogP contribution is 2.11. The molecular weight excluding hydrogens is 476 g/mol. The van der Waals surface area contributed by atoms with E-state index in [1.165, 1.54) is 70.6 Å². The third-order valence-electron chi connectivity index (χ3n) is 5.54. The molecule has 0 radical (unpaired) electrons. The molecule has 0 rings (SSSR count). The molecule has 0 aliphatic rings. The second-order valence-corrected chi connectivity index (χ2v) is 10.2. The average molecular weight is 533 g/mol. The quantitative estimate of drug-likeness (QED) is 0.0752. The molecule has 0 aromatic heterocycles. The number of hydrogen-bond donors (Lipinski definition) is 5. The highest BCUT2D eigenvalue weighted by atomic mass is 16.4. The van der Waals surface area contributed by atoms with Gasteiger partial charge >= 0.3 is 17.9 Å². The van der Waals surface area contributed by atoms with Crippen LogP contribution in [0.3, 0.4) is 0 Å². The maximum absolute atomic E-state index is 10.3. The van der Waals surface area contributed by atoms with E-state index in [0.29, 0.717) is 19.3 Å². The topological polar surface area (TPSA) is 152 Å². The zero-order valence-corrected chi connectivity index (χ0v) is 23.8. The van der Waals surface area contributed by atoms with E-state index in [4.69, 9.17) is 25.5 Å². The Morgan fingerprint density at radius 3 is 1.14 bits per heavy atom. The summed E-state index contributed by atoms with van der Waals surface area (Å²) in [5, 5.41) is 41.6. The Balaban J connectivity index is -0.000000561. The molecule has 0 amide bonds. The van der Waals surface area contributed by atoms with Crippen LogP contribution in [0.2, 0.25) is 0 Å². The summed E-state index contributed by atoms with van der Waals surface area (Å²) in [7, 11) is 0. The van der Waals surface area contributed by atoms with Crippen molar-refractivity contribution < 1.29 is 39.9 Å². The lowest BCUT2D eigenvalue weighted by Gasteiger charge is -2.16. The molecule has 5 N–H and O–H groups in total. The van der Waals surface area contributed by atoms with Crippen molar-refractivity contribution in [2.45, 2.75) is 136 Å². The summed E-state index contributed by atoms with van der Waals surface area (Å²) in [5.41, 5.74) is -0.306. The van der Waals surface area contributed by atoms with Gasteiger partial charge in [-0.1, -0.05) is 84.3 Å². The Kier molecular flexibility index (Phi) is 32.4. The Morgan fingerprint density at radius 1 is 0.541 bits per heavy atom. The summed E-state index contributed by atoms with van der Waals surface area (Å²) in [5.74, 6) is -2.40. The van der Waals surface area contributed by atoms with Crippen LogP contribution in [0.25, 0.3) is 0 Å². The van der Waals surface area contributed by atoms with Crippen molar-refractivity contribution >= 4 is 17.9 Å². The van der Waals surface area contributed by atoms with E-state index in [9.17, 15) is 14.4 Å². The summed E-state index contributed by atoms with van der Waals surface area (Å²) in [6, 6.07) is 0. The predicted molar refractivity (Wildman–Crippen MR) is 149 cm³/mol. The summed E-state index contributed by atoms with van der Waals surface area (Å²) >= 11 is 0. The van der Waals surface area contributed by atoms with Crippen LogP contribution in [-0.4, -0.2) is 56.7 Å². The first-order valence-corrected chi connectivity index (χ1v) is 14.0. The van der Waals surface area contributed by atoms with Crippen LogP contribution in [0.4, 0.5) is 0 Å². The molecule has 0 aliphatic carbocycles. The van der Waals surface area contributed by atoms with Gasteiger partial charge in [0.25, 0.3) is 0 Å². The standard InChI is InChI=1S/C18H34O2.C6H10O4.C5H12O2/c1-2-3-4-5-6-7-8-9-10-11-12-13-14-15-16-17-18(19)20;7-5(8)3-1-2-4-6(9)10;1-5(2,3-6)4-7/h9-10H,2-8,11-17H2,1H3,(H,19,20);1-4H2,(H,7,8)(H,9,10);6-7H,3-4H2,1-2H3/b10-9-;;. The third kappa shape index (κ3) is 44.5. The number of aliphatic hydroxyl groups excluding tert-OH is 2. The number of unbranched alkanes of at least 4 members (excludes halogenated alkanes) is 12. The Hall–Kier alpha value is -1.93. The van der Waals surface area contributed by atoms with Gasteiger partial charge in [-0.25, -0.2) is 0 Å². The minimum atomic E-state index is -0.870. The van der Waals surface area contributed by atoms with E-state index in [0.717, 1.165) is 12.8 Å². The van der Waals surface area contributed by atoms with Gasteiger partial charge in [0.05, 0.1) is 13.2 Å². The SMILES string of the molecule is CC(C)(CO)CO.CCCCCCCC/C=C\CCCCCCCC(=O)O.O=C(O)CCCCC(=O)O. The predicted octanol–water partition coefficient (Wildman–Crippen LogP) is 6.82. The highest BCUT2D eigenvalue weighted by Gasteiger charge is 2.13. The molecule has 0 aromatic carbocycles. The molecule has 8 heteroatoms. The van der Waals surface area contributed by atoms with Crippen molar-refractivity contribution in [1.29, 1.82) is 0 Å². The van der Waals surface area contributed by atoms with Gasteiger partial charge in [0, 0.05) is 24.7 Å². The van der Waals surface area contributed by atoms with Crippen LogP contribution >= 0.6 is 0 Å². The smallest absolute Gasteiger partial charge is 0.303 e. The highest BCUT2D eigenvalue weighted by molar-refractivity contribution is 5.68. The van der Waals surface area contributed by atoms with E-state index >= 15 is 0 Å². The molecule has 37 heavy (non-hydrogen) atoms. The van der Waals surface area contributed by atoms with Crippen molar-refractivity contribution in [1.82, 2.24) is 0 Å². The van der Waals surface area contributed by atoms with Gasteiger partial charge in [0.2, 0.25) is 0 Å². The van der Waals surface area contributed by atoms with Gasteiger partial charge in [-0.2, -0.15) is 0 Å². The molecule has 0 fully saturated rings. The number of carboxylic acids is 3. The van der Waals surface area contributed by atoms with Crippen molar-refractivity contribution in [3.63, 3.8) is 0 Å². The number of aliphatic carboxylic acids is 3. The van der Waals surface area contributed by atoms with Gasteiger partial charge in [-0.05, 0) is 44.9 Å². The maximum Gasteiger partial charge on any atom is 0.303 e. The molecule has 0 bridgehead atoms. The molecule has 0 heterocycles. The summed E-state index contributed by atoms with van der Waals surface area (Å²) in [6.45, 7) is 5.95. The van der Waals surface area contributed by atoms with Gasteiger partial charge in [-0.15, -0.1) is 0 Å². The molecule has 0 spiro atoms. The van der Waals surface area contributed by atoms with Crippen molar-refractivity contribution in [2.24, 2.45) is 5.41 Å². The van der Waals surface area contributed by atoms with Crippen LogP contribution < -0.4 is 0 Å². The summed E-state index contributed by atoms with van der Waals surface area (Å²) in [6.07, 6.45) is 22.3. The third-order valence-corrected chi connectivity index (χ3v) is 5.54. The van der Waals surface area contributed by atoms with Crippen LogP contribution in [0, 0.1) is 5.41 Å². The largest absolute Gasteiger partial charge is 0.481 e. The molecule has 0 aromatic rings. The van der Waals surface area contributed by atoms with Crippen LogP contribution in [0.1, 0.15) is 136 Å². The first-order valence-electron chi connectivity index (χ1n) is 14.0. The minimum absolute atomic E-state index is 0.0451. The summed E-state index contributed by atoms with van der Waals surface area (Å²) < 4.78 is 0. The lowest BCUT2D eigenvalue weighted by molar-refractivity contribution is -0.139. The summed E-state index contributed by atoms with van der Waals surface area (Å²) in [4.78, 5) is 30.1. The number of carboxylic acid groups (broad SMARTS) is 3. The Labute approximate surface area is 225 Å². The van der Waals surface area contributed by atoms with Crippen LogP contribution in [0.5, 0.6) is 0 Å². The van der Waals surface area contributed by atoms with E-state index in [1.807, 2.05) is 0 Å². The lowest BCUT2D eigenvalue weighted by Crippen LogP contribution is -2.20. The van der Waals surface area contributed by atoms with E-state index < -0.39 is 17.9 Å². The molecule has 0 saturated heterocycles. The first-order chi connectivity index (χ1) is 17.5. The zero-order valence-electron chi connectivity index (χ0n) is 23.8. The molecule has 0 unspecified atom stereocenters. The number of carbonyl (C=O) groups is 3. The Bertz CT molecular complexity index is 536. The minimum Gasteiger partial charge on any atom is -0.481 e. The fourth-order valence-electron chi connectivity index (χ4n) is 2.95. The normalized spacial score (nSPS) is 10.8. The molecule has 0 aliphatic heterocycles. The van der Waals surface area contributed by atoms with Crippen molar-refractivity contribution in [2.75, 3.05) is 13.2 Å². The molecule has 0 saturated carbocycles. The van der Waals surface area contributed by atoms with E-state index in [1.54, 1.807) is 13.8 Å². The fourth-order valence-corrected chi connectivity index (χ4v) is 2.95. The number of hydrogen-bond acceptors (Lipinski definition) is 5. The Morgan fingerprint density at radius 2 is 0.838 bits per heavy atom. The number of rotatable bonds is 22. The number of aliphatic hydroxyl groups is 2. The van der Waals surface area contributed by atoms with Gasteiger partial charge in [-0.3, -0.25) is 14.4 Å². The van der Waals surface area contributed by atoms with Crippen molar-refractivity contribution in [3.05, 3.63) is 12.2 Å².